The van der Waals surface area contributed by atoms with E-state index in [9.17, 15) is 4.39 Å². The molecule has 1 aromatic rings. The van der Waals surface area contributed by atoms with Crippen molar-refractivity contribution in [2.24, 2.45) is 0 Å². The molecule has 2 N–H and O–H groups in total. The molecule has 0 amide bonds. The Bertz CT molecular complexity index is 317. The standard InChI is InChI=1S/C9H12FNO3/c1-13-7-3-4-8(14-2)9(10)6(7)5-11-12/h3-4,11-12H,5H2,1-2H3. The summed E-state index contributed by atoms with van der Waals surface area (Å²) in [5, 5.41) is 8.51. The summed E-state index contributed by atoms with van der Waals surface area (Å²) >= 11 is 0. The normalized spacial score (nSPS) is 10.0. The quantitative estimate of drug-likeness (QED) is 0.721. The number of ether oxygens (including phenoxy) is 2. The van der Waals surface area contributed by atoms with Crippen molar-refractivity contribution >= 4 is 0 Å². The van der Waals surface area contributed by atoms with E-state index in [1.807, 2.05) is 5.48 Å². The summed E-state index contributed by atoms with van der Waals surface area (Å²) in [6.07, 6.45) is 0. The molecule has 0 fully saturated rings. The van der Waals surface area contributed by atoms with Crippen LogP contribution in [0.3, 0.4) is 0 Å². The maximum atomic E-state index is 13.6. The molecule has 1 aromatic carbocycles. The van der Waals surface area contributed by atoms with Crippen molar-refractivity contribution in [3.8, 4) is 11.5 Å². The summed E-state index contributed by atoms with van der Waals surface area (Å²) in [6.45, 7) is -0.0355. The van der Waals surface area contributed by atoms with Crippen molar-refractivity contribution in [3.63, 3.8) is 0 Å². The van der Waals surface area contributed by atoms with Crippen LogP contribution in [0.5, 0.6) is 11.5 Å². The van der Waals surface area contributed by atoms with Crippen molar-refractivity contribution in [3.05, 3.63) is 23.5 Å². The van der Waals surface area contributed by atoms with Crippen LogP contribution in [0.25, 0.3) is 0 Å². The first-order chi connectivity index (χ1) is 6.74. The van der Waals surface area contributed by atoms with Crippen LogP contribution in [0.15, 0.2) is 12.1 Å². The Morgan fingerprint density at radius 3 is 2.36 bits per heavy atom. The first-order valence-electron chi connectivity index (χ1n) is 4.01. The highest BCUT2D eigenvalue weighted by atomic mass is 19.1. The molecule has 0 saturated heterocycles. The highest BCUT2D eigenvalue weighted by molar-refractivity contribution is 5.41. The molecule has 5 heteroatoms. The van der Waals surface area contributed by atoms with Crippen LogP contribution in [-0.4, -0.2) is 19.4 Å². The van der Waals surface area contributed by atoms with Gasteiger partial charge in [0.1, 0.15) is 5.75 Å². The maximum absolute atomic E-state index is 13.6. The van der Waals surface area contributed by atoms with Crippen LogP contribution in [0.4, 0.5) is 4.39 Å². The molecule has 0 radical (unpaired) electrons. The first-order valence-corrected chi connectivity index (χ1v) is 4.01. The van der Waals surface area contributed by atoms with Gasteiger partial charge in [0.2, 0.25) is 0 Å². The summed E-state index contributed by atoms with van der Waals surface area (Å²) in [7, 11) is 2.81. The second kappa shape index (κ2) is 4.78. The molecule has 0 aromatic heterocycles. The van der Waals surface area contributed by atoms with Gasteiger partial charge in [0.15, 0.2) is 11.6 Å². The van der Waals surface area contributed by atoms with E-state index in [0.29, 0.717) is 5.75 Å². The largest absolute Gasteiger partial charge is 0.496 e. The van der Waals surface area contributed by atoms with Gasteiger partial charge >= 0.3 is 0 Å². The summed E-state index contributed by atoms with van der Waals surface area (Å²) in [6, 6.07) is 3.05. The predicted octanol–water partition coefficient (Wildman–Crippen LogP) is 1.32. The Labute approximate surface area is 81.2 Å². The van der Waals surface area contributed by atoms with Gasteiger partial charge in [-0.25, -0.2) is 9.87 Å². The van der Waals surface area contributed by atoms with Crippen molar-refractivity contribution in [1.29, 1.82) is 0 Å². The van der Waals surface area contributed by atoms with Crippen LogP contribution >= 0.6 is 0 Å². The lowest BCUT2D eigenvalue weighted by Gasteiger charge is -2.11. The number of hydroxylamine groups is 1. The molecule has 0 spiro atoms. The van der Waals surface area contributed by atoms with Crippen LogP contribution < -0.4 is 15.0 Å². The van der Waals surface area contributed by atoms with Gasteiger partial charge in [-0.15, -0.1) is 0 Å². The average Bonchev–Trinajstić information content (AvgIpc) is 2.21. The Morgan fingerprint density at radius 1 is 1.29 bits per heavy atom. The van der Waals surface area contributed by atoms with Gasteiger partial charge in [-0.05, 0) is 12.1 Å². The lowest BCUT2D eigenvalue weighted by Crippen LogP contribution is -2.10. The monoisotopic (exact) mass is 201 g/mol. The Morgan fingerprint density at radius 2 is 1.86 bits per heavy atom. The SMILES string of the molecule is COc1ccc(OC)c(CNO)c1F. The molecule has 78 valence electrons. The molecule has 0 saturated carbocycles. The molecule has 0 bridgehead atoms. The lowest BCUT2D eigenvalue weighted by atomic mass is 10.1. The zero-order valence-electron chi connectivity index (χ0n) is 8.00. The molecule has 1 rings (SSSR count). The number of hydrogen-bond donors (Lipinski definition) is 2. The highest BCUT2D eigenvalue weighted by Gasteiger charge is 2.13. The minimum absolute atomic E-state index is 0.0355. The average molecular weight is 201 g/mol. The van der Waals surface area contributed by atoms with E-state index in [-0.39, 0.29) is 17.9 Å². The number of nitrogens with one attached hydrogen (secondary N) is 1. The summed E-state index contributed by atoms with van der Waals surface area (Å²) < 4.78 is 23.3. The zero-order chi connectivity index (χ0) is 10.6. The van der Waals surface area contributed by atoms with E-state index in [2.05, 4.69) is 0 Å². The summed E-state index contributed by atoms with van der Waals surface area (Å²) in [5.41, 5.74) is 2.11. The van der Waals surface area contributed by atoms with Crippen LogP contribution in [0, 0.1) is 5.82 Å². The number of hydrogen-bond acceptors (Lipinski definition) is 4. The third-order valence-electron chi connectivity index (χ3n) is 1.86. The molecule has 0 unspecified atom stereocenters. The molecule has 4 nitrogen and oxygen atoms in total. The molecule has 14 heavy (non-hydrogen) atoms. The van der Waals surface area contributed by atoms with Gasteiger partial charge in [-0.2, -0.15) is 0 Å². The fourth-order valence-corrected chi connectivity index (χ4v) is 1.17. The van der Waals surface area contributed by atoms with Gasteiger partial charge in [0.25, 0.3) is 0 Å². The number of methoxy groups -OCH3 is 2. The molecule has 0 heterocycles. The van der Waals surface area contributed by atoms with Gasteiger partial charge in [0.05, 0.1) is 20.8 Å². The predicted molar refractivity (Wildman–Crippen MR) is 48.1 cm³/mol. The highest BCUT2D eigenvalue weighted by Crippen LogP contribution is 2.28. The Kier molecular flexibility index (Phi) is 3.67. The van der Waals surface area contributed by atoms with Gasteiger partial charge in [0, 0.05) is 5.56 Å². The van der Waals surface area contributed by atoms with E-state index >= 15 is 0 Å². The minimum Gasteiger partial charge on any atom is -0.496 e. The van der Waals surface area contributed by atoms with Crippen molar-refractivity contribution in [2.45, 2.75) is 6.54 Å². The number of rotatable bonds is 4. The van der Waals surface area contributed by atoms with E-state index in [0.717, 1.165) is 0 Å². The molecule has 0 aliphatic rings. The first kappa shape index (κ1) is 10.7. The summed E-state index contributed by atoms with van der Waals surface area (Å²) in [4.78, 5) is 0. The second-order valence-electron chi connectivity index (χ2n) is 2.60. The topological polar surface area (TPSA) is 50.7 Å². The third-order valence-corrected chi connectivity index (χ3v) is 1.86. The minimum atomic E-state index is -0.534. The fourth-order valence-electron chi connectivity index (χ4n) is 1.17. The van der Waals surface area contributed by atoms with Gasteiger partial charge in [-0.1, -0.05) is 0 Å². The van der Waals surface area contributed by atoms with E-state index in [4.69, 9.17) is 14.7 Å². The van der Waals surface area contributed by atoms with E-state index in [1.54, 1.807) is 6.07 Å². The van der Waals surface area contributed by atoms with Gasteiger partial charge < -0.3 is 14.7 Å². The fraction of sp³-hybridized carbons (Fsp3) is 0.333. The smallest absolute Gasteiger partial charge is 0.173 e. The van der Waals surface area contributed by atoms with Crippen molar-refractivity contribution in [1.82, 2.24) is 5.48 Å². The third kappa shape index (κ3) is 1.94. The molecular weight excluding hydrogens is 189 g/mol. The van der Waals surface area contributed by atoms with Crippen LogP contribution in [0.1, 0.15) is 5.56 Å². The molecule has 0 atom stereocenters. The van der Waals surface area contributed by atoms with Crippen molar-refractivity contribution in [2.75, 3.05) is 14.2 Å². The van der Waals surface area contributed by atoms with Crippen LogP contribution in [-0.2, 0) is 6.54 Å². The second-order valence-corrected chi connectivity index (χ2v) is 2.60. The molecule has 0 aliphatic carbocycles. The Balaban J connectivity index is 3.16. The number of benzene rings is 1. The summed E-state index contributed by atoms with van der Waals surface area (Å²) in [5.74, 6) is -0.0469. The Hall–Kier alpha value is -1.33. The zero-order valence-corrected chi connectivity index (χ0v) is 8.00. The molecule has 0 aliphatic heterocycles. The lowest BCUT2D eigenvalue weighted by molar-refractivity contribution is 0.158. The van der Waals surface area contributed by atoms with Crippen molar-refractivity contribution < 1.29 is 19.1 Å². The maximum Gasteiger partial charge on any atom is 0.173 e. The van der Waals surface area contributed by atoms with E-state index < -0.39 is 5.82 Å². The van der Waals surface area contributed by atoms with Crippen LogP contribution in [0.2, 0.25) is 0 Å². The van der Waals surface area contributed by atoms with E-state index in [1.165, 1.54) is 20.3 Å². The van der Waals surface area contributed by atoms with Gasteiger partial charge in [-0.3, -0.25) is 0 Å². The molecular formula is C9H12FNO3. The number of halogens is 1.